The van der Waals surface area contributed by atoms with Crippen LogP contribution in [0.4, 0.5) is 17.2 Å². The molecule has 1 fully saturated rings. The standard InChI is InChI=1S/C31H39N9O4/c1-17(32-5)28(41)38-26(31(2,3)4)30(43)40-11-7-8-24(40)29(42)37-23-13-20-22(14-25(23)44-6)33-16-34-27(20)36-19-9-10-21-18(12-19)15-35-39-21/h9-10,12-17,24,26,32H,7-8,11H2,1-6H3,(H,35,39)(H,37,42)(H,38,41)(H,33,34,36)/t17-,24-,26+/m0/s1. The van der Waals surface area contributed by atoms with E-state index in [1.807, 2.05) is 39.0 Å². The number of H-pyrrole nitrogens is 1. The van der Waals surface area contributed by atoms with Crippen LogP contribution in [0.1, 0.15) is 40.5 Å². The van der Waals surface area contributed by atoms with Gasteiger partial charge in [-0.15, -0.1) is 0 Å². The number of nitrogens with one attached hydrogen (secondary N) is 5. The zero-order valence-corrected chi connectivity index (χ0v) is 25.8. The number of amides is 3. The van der Waals surface area contributed by atoms with Gasteiger partial charge in [0.15, 0.2) is 0 Å². The third-order valence-electron chi connectivity index (χ3n) is 7.98. The highest BCUT2D eigenvalue weighted by molar-refractivity contribution is 6.03. The first kappa shape index (κ1) is 30.7. The van der Waals surface area contributed by atoms with Crippen molar-refractivity contribution in [2.45, 2.75) is 58.7 Å². The molecule has 13 heteroatoms. The van der Waals surface area contributed by atoms with Crippen LogP contribution in [0, 0.1) is 5.41 Å². The Morgan fingerprint density at radius 2 is 1.93 bits per heavy atom. The number of aromatic nitrogens is 4. The minimum absolute atomic E-state index is 0.279. The lowest BCUT2D eigenvalue weighted by Crippen LogP contribution is -2.59. The van der Waals surface area contributed by atoms with Crippen LogP contribution in [0.3, 0.4) is 0 Å². The van der Waals surface area contributed by atoms with Crippen LogP contribution in [-0.2, 0) is 14.4 Å². The van der Waals surface area contributed by atoms with Crippen LogP contribution < -0.4 is 26.0 Å². The maximum atomic E-state index is 13.8. The van der Waals surface area contributed by atoms with Crippen molar-refractivity contribution >= 4 is 56.7 Å². The highest BCUT2D eigenvalue weighted by Gasteiger charge is 2.42. The van der Waals surface area contributed by atoms with Gasteiger partial charge in [-0.2, -0.15) is 5.10 Å². The Morgan fingerprint density at radius 3 is 2.66 bits per heavy atom. The largest absolute Gasteiger partial charge is 0.494 e. The summed E-state index contributed by atoms with van der Waals surface area (Å²) in [7, 11) is 3.21. The quantitative estimate of drug-likeness (QED) is 0.193. The van der Waals surface area contributed by atoms with E-state index in [-0.39, 0.29) is 17.7 Å². The summed E-state index contributed by atoms with van der Waals surface area (Å²) in [6, 6.07) is 7.32. The molecule has 13 nitrogen and oxygen atoms in total. The highest BCUT2D eigenvalue weighted by Crippen LogP contribution is 2.34. The second-order valence-corrected chi connectivity index (χ2v) is 12.1. The number of carbonyl (C=O) groups is 3. The Hall–Kier alpha value is -4.78. The lowest BCUT2D eigenvalue weighted by Gasteiger charge is -2.36. The minimum atomic E-state index is -0.804. The Kier molecular flexibility index (Phi) is 8.68. The molecule has 0 spiro atoms. The topological polar surface area (TPSA) is 166 Å². The van der Waals surface area contributed by atoms with Crippen LogP contribution in [0.25, 0.3) is 21.8 Å². The fourth-order valence-corrected chi connectivity index (χ4v) is 5.34. The number of ether oxygens (including phenoxy) is 1. The molecule has 1 saturated heterocycles. The predicted octanol–water partition coefficient (Wildman–Crippen LogP) is 3.33. The summed E-state index contributed by atoms with van der Waals surface area (Å²) >= 11 is 0. The second-order valence-electron chi connectivity index (χ2n) is 12.1. The predicted molar refractivity (Wildman–Crippen MR) is 169 cm³/mol. The van der Waals surface area contributed by atoms with Crippen LogP contribution in [0.2, 0.25) is 0 Å². The molecule has 0 radical (unpaired) electrons. The Bertz CT molecular complexity index is 1700. The van der Waals surface area contributed by atoms with Crippen molar-refractivity contribution in [3.63, 3.8) is 0 Å². The van der Waals surface area contributed by atoms with E-state index in [9.17, 15) is 14.4 Å². The zero-order valence-electron chi connectivity index (χ0n) is 25.8. The number of likely N-dealkylation sites (N-methyl/N-ethyl adjacent to an activating group) is 1. The van der Waals surface area contributed by atoms with Gasteiger partial charge in [0, 0.05) is 29.1 Å². The number of rotatable bonds is 9. The number of carbonyl (C=O) groups excluding carboxylic acids is 3. The second kappa shape index (κ2) is 12.4. The van der Waals surface area contributed by atoms with Crippen molar-refractivity contribution in [3.05, 3.63) is 42.9 Å². The number of methoxy groups -OCH3 is 1. The molecule has 3 amide bonds. The number of nitrogens with zero attached hydrogens (tertiary/aromatic N) is 4. The van der Waals surface area contributed by atoms with Gasteiger partial charge in [-0.25, -0.2) is 9.97 Å². The molecule has 3 atom stereocenters. The van der Waals surface area contributed by atoms with Crippen molar-refractivity contribution in [1.29, 1.82) is 0 Å². The maximum Gasteiger partial charge on any atom is 0.247 e. The van der Waals surface area contributed by atoms with E-state index in [0.29, 0.717) is 47.5 Å². The molecule has 1 aliphatic heterocycles. The van der Waals surface area contributed by atoms with Crippen LogP contribution in [0.5, 0.6) is 5.75 Å². The van der Waals surface area contributed by atoms with Crippen LogP contribution in [-0.4, -0.2) is 81.6 Å². The average Bonchev–Trinajstić information content (AvgIpc) is 3.68. The van der Waals surface area contributed by atoms with Gasteiger partial charge in [-0.3, -0.25) is 19.5 Å². The molecule has 2 aromatic carbocycles. The summed E-state index contributed by atoms with van der Waals surface area (Å²) in [6.45, 7) is 7.83. The number of anilines is 3. The number of likely N-dealkylation sites (tertiary alicyclic amines) is 1. The van der Waals surface area contributed by atoms with Crippen molar-refractivity contribution in [2.24, 2.45) is 5.41 Å². The molecule has 0 bridgehead atoms. The van der Waals surface area contributed by atoms with Gasteiger partial charge in [-0.05, 0) is 56.5 Å². The molecule has 232 valence electrons. The van der Waals surface area contributed by atoms with E-state index < -0.39 is 23.5 Å². The van der Waals surface area contributed by atoms with Crippen molar-refractivity contribution in [3.8, 4) is 5.75 Å². The molecular weight excluding hydrogens is 562 g/mol. The van der Waals surface area contributed by atoms with Crippen LogP contribution in [0.15, 0.2) is 42.9 Å². The molecule has 5 N–H and O–H groups in total. The Balaban J connectivity index is 1.40. The number of fused-ring (bicyclic) bond motifs is 2. The molecule has 0 saturated carbocycles. The summed E-state index contributed by atoms with van der Waals surface area (Å²) in [5.74, 6) is 0.0677. The molecule has 4 aromatic rings. The van der Waals surface area contributed by atoms with E-state index >= 15 is 0 Å². The van der Waals surface area contributed by atoms with Gasteiger partial charge in [0.1, 0.15) is 30.0 Å². The van der Waals surface area contributed by atoms with Gasteiger partial charge >= 0.3 is 0 Å². The summed E-state index contributed by atoms with van der Waals surface area (Å²) in [5.41, 5.74) is 2.21. The van der Waals surface area contributed by atoms with Gasteiger partial charge in [0.05, 0.1) is 36.1 Å². The summed E-state index contributed by atoms with van der Waals surface area (Å²) in [6.07, 6.45) is 4.37. The van der Waals surface area contributed by atoms with Crippen molar-refractivity contribution in [1.82, 2.24) is 35.7 Å². The SMILES string of the molecule is CN[C@@H](C)C(=O)N[C@H](C(=O)N1CCC[C@H]1C(=O)Nc1cc2c(Nc3ccc4[nH]ncc4c3)ncnc2cc1OC)C(C)(C)C. The van der Waals surface area contributed by atoms with E-state index in [1.165, 1.54) is 13.4 Å². The number of hydrogen-bond donors (Lipinski definition) is 5. The molecule has 5 rings (SSSR count). The first-order valence-electron chi connectivity index (χ1n) is 14.6. The maximum absolute atomic E-state index is 13.8. The summed E-state index contributed by atoms with van der Waals surface area (Å²) < 4.78 is 5.61. The number of aromatic amines is 1. The fourth-order valence-electron chi connectivity index (χ4n) is 5.34. The normalized spacial score (nSPS) is 16.5. The van der Waals surface area contributed by atoms with Crippen molar-refractivity contribution < 1.29 is 19.1 Å². The molecule has 3 heterocycles. The van der Waals surface area contributed by atoms with Gasteiger partial charge in [0.25, 0.3) is 0 Å². The van der Waals surface area contributed by atoms with E-state index in [2.05, 4.69) is 41.4 Å². The molecule has 0 unspecified atom stereocenters. The summed E-state index contributed by atoms with van der Waals surface area (Å²) in [4.78, 5) is 50.7. The molecule has 1 aliphatic rings. The van der Waals surface area contributed by atoms with E-state index in [0.717, 1.165) is 16.6 Å². The Morgan fingerprint density at radius 1 is 1.14 bits per heavy atom. The molecule has 44 heavy (non-hydrogen) atoms. The fraction of sp³-hybridized carbons (Fsp3) is 0.419. The lowest BCUT2D eigenvalue weighted by molar-refractivity contribution is -0.143. The smallest absolute Gasteiger partial charge is 0.247 e. The third-order valence-corrected chi connectivity index (χ3v) is 7.98. The Labute approximate surface area is 255 Å². The molecular formula is C31H39N9O4. The van der Waals surface area contributed by atoms with E-state index in [1.54, 1.807) is 37.2 Å². The monoisotopic (exact) mass is 601 g/mol. The average molecular weight is 602 g/mol. The first-order valence-corrected chi connectivity index (χ1v) is 14.6. The number of hydrogen-bond acceptors (Lipinski definition) is 9. The summed E-state index contributed by atoms with van der Waals surface area (Å²) in [5, 5.41) is 20.8. The van der Waals surface area contributed by atoms with E-state index in [4.69, 9.17) is 4.74 Å². The molecule has 0 aliphatic carbocycles. The van der Waals surface area contributed by atoms with Crippen LogP contribution >= 0.6 is 0 Å². The van der Waals surface area contributed by atoms with Gasteiger partial charge < -0.3 is 30.9 Å². The third kappa shape index (κ3) is 6.27. The zero-order chi connectivity index (χ0) is 31.6. The first-order chi connectivity index (χ1) is 21.0. The van der Waals surface area contributed by atoms with Gasteiger partial charge in [-0.1, -0.05) is 20.8 Å². The lowest BCUT2D eigenvalue weighted by atomic mass is 9.85. The molecule has 2 aromatic heterocycles. The van der Waals surface area contributed by atoms with Gasteiger partial charge in [0.2, 0.25) is 17.7 Å². The minimum Gasteiger partial charge on any atom is -0.494 e. The number of benzene rings is 2. The highest BCUT2D eigenvalue weighted by atomic mass is 16.5. The van der Waals surface area contributed by atoms with Crippen molar-refractivity contribution in [2.75, 3.05) is 31.3 Å².